The minimum Gasteiger partial charge on any atom is -0.493 e. The Hall–Kier alpha value is -2.30. The van der Waals surface area contributed by atoms with Gasteiger partial charge in [0.15, 0.2) is 11.5 Å². The second kappa shape index (κ2) is 8.39. The van der Waals surface area contributed by atoms with Gasteiger partial charge in [-0.3, -0.25) is 0 Å². The first kappa shape index (κ1) is 18.5. The fourth-order valence-electron chi connectivity index (χ4n) is 2.92. The van der Waals surface area contributed by atoms with E-state index >= 15 is 0 Å². The molecule has 0 spiro atoms. The molecule has 0 radical (unpaired) electrons. The Morgan fingerprint density at radius 1 is 0.923 bits per heavy atom. The minimum absolute atomic E-state index is 0.543. The van der Waals surface area contributed by atoms with Gasteiger partial charge in [0.25, 0.3) is 0 Å². The van der Waals surface area contributed by atoms with Crippen molar-refractivity contribution in [2.24, 2.45) is 0 Å². The molecule has 0 saturated heterocycles. The molecule has 0 aliphatic heterocycles. The Kier molecular flexibility index (Phi) is 5.96. The third-order valence-electron chi connectivity index (χ3n) is 4.41. The topological polar surface area (TPSA) is 43.4 Å². The summed E-state index contributed by atoms with van der Waals surface area (Å²) in [5.41, 5.74) is 4.33. The lowest BCUT2D eigenvalue weighted by Gasteiger charge is -2.11. The van der Waals surface area contributed by atoms with Crippen LogP contribution in [0.5, 0.6) is 11.5 Å². The molecule has 3 rings (SSSR count). The van der Waals surface area contributed by atoms with Crippen molar-refractivity contribution in [1.29, 1.82) is 0 Å². The number of fused-ring (bicyclic) bond motifs is 1. The van der Waals surface area contributed by atoms with Crippen molar-refractivity contribution in [2.45, 2.75) is 26.4 Å². The number of methoxy groups -OCH3 is 2. The van der Waals surface area contributed by atoms with E-state index in [0.29, 0.717) is 18.2 Å². The van der Waals surface area contributed by atoms with Gasteiger partial charge in [-0.2, -0.15) is 0 Å². The fourth-order valence-corrected chi connectivity index (χ4v) is 3.13. The predicted molar refractivity (Wildman–Crippen MR) is 106 cm³/mol. The maximum Gasteiger partial charge on any atom is 0.161 e. The van der Waals surface area contributed by atoms with Crippen molar-refractivity contribution in [3.63, 3.8) is 0 Å². The molecular weight excluding hydrogens is 348 g/mol. The largest absolute Gasteiger partial charge is 0.493 e. The highest BCUT2D eigenvalue weighted by Crippen LogP contribution is 2.27. The molecular formula is C21H23ClN2O2. The van der Waals surface area contributed by atoms with Gasteiger partial charge in [0.05, 0.1) is 19.7 Å². The number of nitrogens with zero attached hydrogens (tertiary/aromatic N) is 1. The van der Waals surface area contributed by atoms with Crippen molar-refractivity contribution < 1.29 is 9.47 Å². The summed E-state index contributed by atoms with van der Waals surface area (Å²) in [6.07, 6.45) is 1.01. The third-order valence-corrected chi connectivity index (χ3v) is 4.73. The second-order valence-corrected chi connectivity index (χ2v) is 6.47. The summed E-state index contributed by atoms with van der Waals surface area (Å²) in [6, 6.07) is 14.3. The number of aryl methyl sites for hydroxylation is 1. The van der Waals surface area contributed by atoms with Gasteiger partial charge in [-0.1, -0.05) is 30.7 Å². The van der Waals surface area contributed by atoms with Crippen molar-refractivity contribution in [3.8, 4) is 11.5 Å². The first-order valence-corrected chi connectivity index (χ1v) is 9.02. The van der Waals surface area contributed by atoms with E-state index in [9.17, 15) is 0 Å². The molecule has 1 aromatic heterocycles. The fraction of sp³-hybridized carbons (Fsp3) is 0.286. The van der Waals surface area contributed by atoms with E-state index in [1.807, 2.05) is 24.3 Å². The van der Waals surface area contributed by atoms with E-state index in [2.05, 4.69) is 35.4 Å². The summed E-state index contributed by atoms with van der Waals surface area (Å²) in [5.74, 6) is 1.45. The average molecular weight is 371 g/mol. The van der Waals surface area contributed by atoms with E-state index in [1.54, 1.807) is 14.2 Å². The Morgan fingerprint density at radius 3 is 2.42 bits per heavy atom. The minimum atomic E-state index is 0.543. The molecule has 5 heteroatoms. The van der Waals surface area contributed by atoms with Crippen LogP contribution in [-0.2, 0) is 19.5 Å². The SMILES string of the molecule is CCc1ccc2nc(Cl)c(CNCc3ccc(OC)c(OC)c3)cc2c1. The molecule has 2 aromatic carbocycles. The van der Waals surface area contributed by atoms with E-state index in [-0.39, 0.29) is 0 Å². The van der Waals surface area contributed by atoms with Gasteiger partial charge in [0.1, 0.15) is 5.15 Å². The molecule has 26 heavy (non-hydrogen) atoms. The Balaban J connectivity index is 1.72. The molecule has 4 nitrogen and oxygen atoms in total. The van der Waals surface area contributed by atoms with E-state index in [0.717, 1.165) is 39.9 Å². The average Bonchev–Trinajstić information content (AvgIpc) is 2.67. The third kappa shape index (κ3) is 4.09. The van der Waals surface area contributed by atoms with Gasteiger partial charge in [-0.15, -0.1) is 0 Å². The molecule has 3 aromatic rings. The Bertz CT molecular complexity index is 912. The maximum atomic E-state index is 6.36. The normalized spacial score (nSPS) is 10.9. The van der Waals surface area contributed by atoms with Crippen molar-refractivity contribution >= 4 is 22.5 Å². The summed E-state index contributed by atoms with van der Waals surface area (Å²) in [7, 11) is 3.27. The Morgan fingerprint density at radius 2 is 1.69 bits per heavy atom. The summed E-state index contributed by atoms with van der Waals surface area (Å²) < 4.78 is 10.6. The lowest BCUT2D eigenvalue weighted by molar-refractivity contribution is 0.354. The van der Waals surface area contributed by atoms with Crippen LogP contribution in [-0.4, -0.2) is 19.2 Å². The number of halogens is 1. The standard InChI is InChI=1S/C21H23ClN2O2/c1-4-14-5-7-18-16(9-14)11-17(21(22)24-18)13-23-12-15-6-8-19(25-2)20(10-15)26-3/h5-11,23H,4,12-13H2,1-3H3. The zero-order valence-corrected chi connectivity index (χ0v) is 16.1. The number of hydrogen-bond acceptors (Lipinski definition) is 4. The van der Waals surface area contributed by atoms with Gasteiger partial charge in [-0.05, 0) is 47.9 Å². The number of rotatable bonds is 7. The smallest absolute Gasteiger partial charge is 0.161 e. The molecule has 0 aliphatic rings. The molecule has 0 atom stereocenters. The number of hydrogen-bond donors (Lipinski definition) is 1. The number of benzene rings is 2. The molecule has 1 N–H and O–H groups in total. The molecule has 0 fully saturated rings. The summed E-state index contributed by atoms with van der Waals surface area (Å²) in [4.78, 5) is 4.52. The van der Waals surface area contributed by atoms with Gasteiger partial charge in [0.2, 0.25) is 0 Å². The van der Waals surface area contributed by atoms with Crippen molar-refractivity contribution in [3.05, 3.63) is 64.3 Å². The lowest BCUT2D eigenvalue weighted by atomic mass is 10.1. The van der Waals surface area contributed by atoms with E-state index < -0.39 is 0 Å². The number of ether oxygens (including phenoxy) is 2. The van der Waals surface area contributed by atoms with Gasteiger partial charge in [0, 0.05) is 24.0 Å². The predicted octanol–water partition coefficient (Wildman–Crippen LogP) is 4.76. The van der Waals surface area contributed by atoms with Crippen LogP contribution in [0.4, 0.5) is 0 Å². The monoisotopic (exact) mass is 370 g/mol. The number of nitrogens with one attached hydrogen (secondary N) is 1. The molecule has 0 bridgehead atoms. The van der Waals surface area contributed by atoms with E-state index in [1.165, 1.54) is 5.56 Å². The van der Waals surface area contributed by atoms with Gasteiger partial charge in [-0.25, -0.2) is 4.98 Å². The van der Waals surface area contributed by atoms with Crippen molar-refractivity contribution in [1.82, 2.24) is 10.3 Å². The van der Waals surface area contributed by atoms with Crippen LogP contribution in [0.2, 0.25) is 5.15 Å². The molecule has 0 aliphatic carbocycles. The molecule has 0 saturated carbocycles. The zero-order chi connectivity index (χ0) is 18.5. The van der Waals surface area contributed by atoms with Crippen LogP contribution < -0.4 is 14.8 Å². The number of pyridine rings is 1. The summed E-state index contributed by atoms with van der Waals surface area (Å²) in [6.45, 7) is 3.49. The van der Waals surface area contributed by atoms with Crippen LogP contribution in [0.3, 0.4) is 0 Å². The van der Waals surface area contributed by atoms with Crippen LogP contribution in [0.15, 0.2) is 42.5 Å². The van der Waals surface area contributed by atoms with Crippen molar-refractivity contribution in [2.75, 3.05) is 14.2 Å². The molecule has 1 heterocycles. The maximum absolute atomic E-state index is 6.36. The lowest BCUT2D eigenvalue weighted by Crippen LogP contribution is -2.13. The first-order chi connectivity index (χ1) is 12.6. The van der Waals surface area contributed by atoms with Crippen LogP contribution in [0.1, 0.15) is 23.6 Å². The van der Waals surface area contributed by atoms with Crippen LogP contribution in [0.25, 0.3) is 10.9 Å². The first-order valence-electron chi connectivity index (χ1n) is 8.64. The summed E-state index contributed by atoms with van der Waals surface area (Å²) in [5, 5.41) is 5.09. The Labute approximate surface area is 159 Å². The van der Waals surface area contributed by atoms with Gasteiger partial charge >= 0.3 is 0 Å². The summed E-state index contributed by atoms with van der Waals surface area (Å²) >= 11 is 6.36. The highest BCUT2D eigenvalue weighted by Gasteiger charge is 2.07. The molecule has 0 unspecified atom stereocenters. The zero-order valence-electron chi connectivity index (χ0n) is 15.3. The van der Waals surface area contributed by atoms with E-state index in [4.69, 9.17) is 21.1 Å². The van der Waals surface area contributed by atoms with Crippen LogP contribution in [0, 0.1) is 0 Å². The molecule has 136 valence electrons. The van der Waals surface area contributed by atoms with Gasteiger partial charge < -0.3 is 14.8 Å². The van der Waals surface area contributed by atoms with Crippen LogP contribution >= 0.6 is 11.6 Å². The number of aromatic nitrogens is 1. The highest BCUT2D eigenvalue weighted by atomic mass is 35.5. The highest BCUT2D eigenvalue weighted by molar-refractivity contribution is 6.30. The quantitative estimate of drug-likeness (QED) is 0.609. The second-order valence-electron chi connectivity index (χ2n) is 6.11. The molecule has 0 amide bonds.